The molecule has 0 saturated carbocycles. The first-order valence-corrected chi connectivity index (χ1v) is 9.27. The molecule has 0 fully saturated rings. The van der Waals surface area contributed by atoms with E-state index in [-0.39, 0.29) is 11.9 Å². The van der Waals surface area contributed by atoms with E-state index in [0.717, 1.165) is 17.7 Å². The number of rotatable bonds is 3. The van der Waals surface area contributed by atoms with Crippen LogP contribution in [0.2, 0.25) is 0 Å². The van der Waals surface area contributed by atoms with Crippen molar-refractivity contribution in [3.63, 3.8) is 0 Å². The molecule has 1 aromatic heterocycles. The van der Waals surface area contributed by atoms with Crippen molar-refractivity contribution in [2.75, 3.05) is 5.75 Å². The van der Waals surface area contributed by atoms with E-state index in [1.54, 1.807) is 6.92 Å². The zero-order chi connectivity index (χ0) is 17.2. The molecule has 1 aliphatic rings. The van der Waals surface area contributed by atoms with Crippen LogP contribution in [-0.4, -0.2) is 16.8 Å². The molecule has 1 unspecified atom stereocenters. The van der Waals surface area contributed by atoms with E-state index in [2.05, 4.69) is 22.6 Å². The highest BCUT2D eigenvalue weighted by atomic mass is 32.2. The number of thioether (sulfide) groups is 1. The van der Waals surface area contributed by atoms with E-state index in [9.17, 15) is 4.79 Å². The van der Waals surface area contributed by atoms with Crippen LogP contribution in [0.15, 0.2) is 64.0 Å². The molecule has 4 nitrogen and oxygen atoms in total. The molecule has 0 saturated heterocycles. The Morgan fingerprint density at radius 2 is 1.92 bits per heavy atom. The monoisotopic (exact) mass is 350 g/mol. The summed E-state index contributed by atoms with van der Waals surface area (Å²) < 4.78 is 5.31. The number of fused-ring (bicyclic) bond motifs is 1. The van der Waals surface area contributed by atoms with Gasteiger partial charge in [-0.3, -0.25) is 4.79 Å². The first-order valence-electron chi connectivity index (χ1n) is 8.28. The minimum atomic E-state index is -0.135. The van der Waals surface area contributed by atoms with E-state index in [1.807, 2.05) is 54.2 Å². The molecular weight excluding hydrogens is 332 g/mol. The van der Waals surface area contributed by atoms with Gasteiger partial charge in [0.1, 0.15) is 17.0 Å². The summed E-state index contributed by atoms with van der Waals surface area (Å²) in [4.78, 5) is 14.2. The number of aromatic nitrogens is 1. The number of benzene rings is 2. The Labute approximate surface area is 150 Å². The van der Waals surface area contributed by atoms with Gasteiger partial charge >= 0.3 is 0 Å². The van der Waals surface area contributed by atoms with Gasteiger partial charge < -0.3 is 9.84 Å². The normalized spacial score (nSPS) is 16.3. The van der Waals surface area contributed by atoms with E-state index in [1.165, 1.54) is 10.5 Å². The van der Waals surface area contributed by atoms with Crippen LogP contribution in [0.5, 0.6) is 0 Å². The Morgan fingerprint density at radius 3 is 2.76 bits per heavy atom. The molecular formula is C20H18N2O2S. The molecule has 1 aliphatic heterocycles. The third-order valence-corrected chi connectivity index (χ3v) is 5.52. The van der Waals surface area contributed by atoms with E-state index < -0.39 is 0 Å². The summed E-state index contributed by atoms with van der Waals surface area (Å²) in [6, 6.07) is 17.9. The van der Waals surface area contributed by atoms with Crippen LogP contribution >= 0.6 is 11.8 Å². The number of carbonyl (C=O) groups is 1. The van der Waals surface area contributed by atoms with E-state index >= 15 is 0 Å². The van der Waals surface area contributed by atoms with Crippen molar-refractivity contribution in [2.24, 2.45) is 0 Å². The highest BCUT2D eigenvalue weighted by Gasteiger charge is 2.26. The van der Waals surface area contributed by atoms with Gasteiger partial charge in [-0.1, -0.05) is 53.7 Å². The average molecular weight is 350 g/mol. The highest BCUT2D eigenvalue weighted by molar-refractivity contribution is 7.99. The van der Waals surface area contributed by atoms with Gasteiger partial charge in [0, 0.05) is 16.2 Å². The summed E-state index contributed by atoms with van der Waals surface area (Å²) in [7, 11) is 0. The molecule has 25 heavy (non-hydrogen) atoms. The van der Waals surface area contributed by atoms with E-state index in [0.29, 0.717) is 17.0 Å². The first kappa shape index (κ1) is 16.0. The molecule has 2 aromatic carbocycles. The lowest BCUT2D eigenvalue weighted by Crippen LogP contribution is -2.31. The molecule has 1 atom stereocenters. The Hall–Kier alpha value is -2.53. The SMILES string of the molecule is Cc1onc(-c2ccccc2)c1C(=O)NC1CCSc2ccccc21. The lowest BCUT2D eigenvalue weighted by atomic mass is 10.0. The molecule has 0 radical (unpaired) electrons. The molecule has 3 aromatic rings. The summed E-state index contributed by atoms with van der Waals surface area (Å²) in [6.45, 7) is 1.78. The predicted octanol–water partition coefficient (Wildman–Crippen LogP) is 4.62. The standard InChI is InChI=1S/C20H18N2O2S/c1-13-18(19(22-24-13)14-7-3-2-4-8-14)20(23)21-16-11-12-25-17-10-6-5-9-15(16)17/h2-10,16H,11-12H2,1H3,(H,21,23). The summed E-state index contributed by atoms with van der Waals surface area (Å²) in [5.74, 6) is 1.40. The zero-order valence-electron chi connectivity index (χ0n) is 13.9. The van der Waals surface area contributed by atoms with Gasteiger partial charge in [-0.2, -0.15) is 0 Å². The molecule has 1 N–H and O–H groups in total. The molecule has 0 spiro atoms. The molecule has 1 amide bonds. The third kappa shape index (κ3) is 3.07. The lowest BCUT2D eigenvalue weighted by Gasteiger charge is -2.25. The van der Waals surface area contributed by atoms with Crippen molar-refractivity contribution < 1.29 is 9.32 Å². The van der Waals surface area contributed by atoms with Crippen LogP contribution in [0.25, 0.3) is 11.3 Å². The summed E-state index contributed by atoms with van der Waals surface area (Å²) in [6.07, 6.45) is 0.915. The smallest absolute Gasteiger partial charge is 0.257 e. The van der Waals surface area contributed by atoms with Crippen LogP contribution in [0, 0.1) is 6.92 Å². The van der Waals surface area contributed by atoms with Gasteiger partial charge in [-0.25, -0.2) is 0 Å². The second-order valence-electron chi connectivity index (χ2n) is 6.03. The number of hydrogen-bond acceptors (Lipinski definition) is 4. The summed E-state index contributed by atoms with van der Waals surface area (Å²) in [5, 5.41) is 7.28. The van der Waals surface area contributed by atoms with Gasteiger partial charge in [0.2, 0.25) is 0 Å². The Kier molecular flexibility index (Phi) is 4.32. The van der Waals surface area contributed by atoms with Crippen molar-refractivity contribution in [3.8, 4) is 11.3 Å². The predicted molar refractivity (Wildman–Crippen MR) is 98.7 cm³/mol. The Bertz CT molecular complexity index is 905. The highest BCUT2D eigenvalue weighted by Crippen LogP contribution is 2.36. The van der Waals surface area contributed by atoms with Crippen molar-refractivity contribution in [1.82, 2.24) is 10.5 Å². The number of aryl methyl sites for hydroxylation is 1. The summed E-state index contributed by atoms with van der Waals surface area (Å²) in [5.41, 5.74) is 3.17. The van der Waals surface area contributed by atoms with Gasteiger partial charge in [-0.15, -0.1) is 11.8 Å². The Morgan fingerprint density at radius 1 is 1.16 bits per heavy atom. The quantitative estimate of drug-likeness (QED) is 0.749. The number of nitrogens with one attached hydrogen (secondary N) is 1. The number of hydrogen-bond donors (Lipinski definition) is 1. The molecule has 0 aliphatic carbocycles. The Balaban J connectivity index is 1.64. The minimum absolute atomic E-state index is 0.0165. The van der Waals surface area contributed by atoms with Gasteiger partial charge in [0.15, 0.2) is 0 Å². The van der Waals surface area contributed by atoms with Crippen LogP contribution in [0.1, 0.15) is 34.1 Å². The molecule has 0 bridgehead atoms. The number of amides is 1. The first-order chi connectivity index (χ1) is 12.2. The fraction of sp³-hybridized carbons (Fsp3) is 0.200. The number of nitrogens with zero attached hydrogens (tertiary/aromatic N) is 1. The van der Waals surface area contributed by atoms with Crippen molar-refractivity contribution >= 4 is 17.7 Å². The molecule has 126 valence electrons. The van der Waals surface area contributed by atoms with Gasteiger partial charge in [0.25, 0.3) is 5.91 Å². The number of carbonyl (C=O) groups excluding carboxylic acids is 1. The van der Waals surface area contributed by atoms with Crippen molar-refractivity contribution in [1.29, 1.82) is 0 Å². The average Bonchev–Trinajstić information content (AvgIpc) is 3.04. The summed E-state index contributed by atoms with van der Waals surface area (Å²) >= 11 is 1.84. The van der Waals surface area contributed by atoms with Crippen LogP contribution in [0.3, 0.4) is 0 Å². The van der Waals surface area contributed by atoms with Crippen LogP contribution in [0.4, 0.5) is 0 Å². The van der Waals surface area contributed by atoms with Gasteiger partial charge in [-0.05, 0) is 25.0 Å². The third-order valence-electron chi connectivity index (χ3n) is 4.40. The lowest BCUT2D eigenvalue weighted by molar-refractivity contribution is 0.0934. The molecule has 4 rings (SSSR count). The van der Waals surface area contributed by atoms with Crippen LogP contribution < -0.4 is 5.32 Å². The van der Waals surface area contributed by atoms with Gasteiger partial charge in [0.05, 0.1) is 6.04 Å². The van der Waals surface area contributed by atoms with Crippen LogP contribution in [-0.2, 0) is 0 Å². The fourth-order valence-corrected chi connectivity index (χ4v) is 4.28. The zero-order valence-corrected chi connectivity index (χ0v) is 14.7. The fourth-order valence-electron chi connectivity index (χ4n) is 3.16. The molecule has 2 heterocycles. The second kappa shape index (κ2) is 6.76. The molecule has 5 heteroatoms. The van der Waals surface area contributed by atoms with Crippen molar-refractivity contribution in [2.45, 2.75) is 24.3 Å². The maximum atomic E-state index is 13.0. The van der Waals surface area contributed by atoms with Crippen molar-refractivity contribution in [3.05, 3.63) is 71.5 Å². The maximum absolute atomic E-state index is 13.0. The van der Waals surface area contributed by atoms with E-state index in [4.69, 9.17) is 4.52 Å². The largest absolute Gasteiger partial charge is 0.360 e. The topological polar surface area (TPSA) is 55.1 Å². The maximum Gasteiger partial charge on any atom is 0.257 e. The second-order valence-corrected chi connectivity index (χ2v) is 7.17. The minimum Gasteiger partial charge on any atom is -0.360 e.